The number of hydrogen-bond donors (Lipinski definition) is 1. The molecule has 0 radical (unpaired) electrons. The highest BCUT2D eigenvalue weighted by Gasteiger charge is 2.17. The number of nitrogens with one attached hydrogen (secondary N) is 1. The Kier molecular flexibility index (Phi) is 6.62. The van der Waals surface area contributed by atoms with Crippen molar-refractivity contribution in [1.82, 2.24) is 15.2 Å². The molecule has 0 saturated heterocycles. The van der Waals surface area contributed by atoms with Gasteiger partial charge in [-0.3, -0.25) is 19.3 Å². The number of hydrogen-bond acceptors (Lipinski definition) is 5. The van der Waals surface area contributed by atoms with E-state index in [-0.39, 0.29) is 24.3 Å². The van der Waals surface area contributed by atoms with Crippen LogP contribution in [-0.2, 0) is 14.4 Å². The van der Waals surface area contributed by atoms with E-state index in [1.807, 2.05) is 30.3 Å². The maximum Gasteiger partial charge on any atom is 0.244 e. The highest BCUT2D eigenvalue weighted by molar-refractivity contribution is 7.14. The van der Waals surface area contributed by atoms with Gasteiger partial charge in [-0.15, -0.1) is 11.3 Å². The summed E-state index contributed by atoms with van der Waals surface area (Å²) in [7, 11) is 3.24. The van der Waals surface area contributed by atoms with Crippen LogP contribution in [0.5, 0.6) is 0 Å². The van der Waals surface area contributed by atoms with Crippen molar-refractivity contribution in [1.29, 1.82) is 0 Å². The molecule has 2 rings (SSSR count). The van der Waals surface area contributed by atoms with Gasteiger partial charge in [0, 0.05) is 32.5 Å². The van der Waals surface area contributed by atoms with Gasteiger partial charge >= 0.3 is 0 Å². The molecule has 0 aliphatic heterocycles. The van der Waals surface area contributed by atoms with Gasteiger partial charge in [-0.05, 0) is 18.2 Å². The molecule has 1 aromatic heterocycles. The molecule has 0 bridgehead atoms. The molecule has 0 saturated carbocycles. The molecule has 0 aliphatic rings. The van der Waals surface area contributed by atoms with Gasteiger partial charge in [0.2, 0.25) is 17.7 Å². The van der Waals surface area contributed by atoms with Gasteiger partial charge in [-0.2, -0.15) is 0 Å². The highest BCUT2D eigenvalue weighted by Crippen LogP contribution is 2.28. The first-order chi connectivity index (χ1) is 12.4. The SMILES string of the molecule is CC(=O)N(c1ccccc1)c1nc(/C=C/C(=O)NCC(=O)N(C)C)cs1. The van der Waals surface area contributed by atoms with Gasteiger partial charge in [-0.25, -0.2) is 4.98 Å². The average molecular weight is 372 g/mol. The Morgan fingerprint density at radius 2 is 1.88 bits per heavy atom. The van der Waals surface area contributed by atoms with Gasteiger partial charge in [0.15, 0.2) is 5.13 Å². The third-order valence-corrected chi connectivity index (χ3v) is 4.19. The molecule has 0 fully saturated rings. The zero-order valence-electron chi connectivity index (χ0n) is 14.8. The van der Waals surface area contributed by atoms with Crippen LogP contribution in [0.4, 0.5) is 10.8 Å². The first-order valence-corrected chi connectivity index (χ1v) is 8.74. The van der Waals surface area contributed by atoms with Crippen molar-refractivity contribution in [3.8, 4) is 0 Å². The van der Waals surface area contributed by atoms with Gasteiger partial charge in [0.25, 0.3) is 0 Å². The predicted molar refractivity (Wildman–Crippen MR) is 102 cm³/mol. The van der Waals surface area contributed by atoms with Crippen molar-refractivity contribution < 1.29 is 14.4 Å². The van der Waals surface area contributed by atoms with Crippen molar-refractivity contribution in [2.24, 2.45) is 0 Å². The number of rotatable bonds is 6. The van der Waals surface area contributed by atoms with Gasteiger partial charge in [-0.1, -0.05) is 18.2 Å². The molecule has 0 aliphatic carbocycles. The van der Waals surface area contributed by atoms with E-state index in [2.05, 4.69) is 10.3 Å². The summed E-state index contributed by atoms with van der Waals surface area (Å²) >= 11 is 1.30. The minimum absolute atomic E-state index is 0.0649. The molecule has 0 unspecified atom stereocenters. The van der Waals surface area contributed by atoms with Gasteiger partial charge < -0.3 is 10.2 Å². The standard InChI is InChI=1S/C18H20N4O3S/c1-13(23)22(15-7-5-4-6-8-15)18-20-14(12-26-18)9-10-16(24)19-11-17(25)21(2)3/h4-10,12H,11H2,1-3H3,(H,19,24)/b10-9+. The Bertz CT molecular complexity index is 815. The van der Waals surface area contributed by atoms with Crippen LogP contribution in [0.3, 0.4) is 0 Å². The fourth-order valence-electron chi connectivity index (χ4n) is 2.00. The van der Waals surface area contributed by atoms with Crippen molar-refractivity contribution in [3.05, 3.63) is 47.5 Å². The van der Waals surface area contributed by atoms with E-state index in [1.54, 1.807) is 25.6 Å². The third kappa shape index (κ3) is 5.25. The lowest BCUT2D eigenvalue weighted by Crippen LogP contribution is -2.35. The summed E-state index contributed by atoms with van der Waals surface area (Å²) in [6.45, 7) is 1.41. The number of benzene rings is 1. The number of anilines is 2. The third-order valence-electron chi connectivity index (χ3n) is 3.35. The Morgan fingerprint density at radius 3 is 2.50 bits per heavy atom. The van der Waals surface area contributed by atoms with Crippen LogP contribution in [-0.4, -0.2) is 48.2 Å². The molecule has 8 heteroatoms. The van der Waals surface area contributed by atoms with Crippen LogP contribution in [0.15, 0.2) is 41.8 Å². The molecule has 136 valence electrons. The summed E-state index contributed by atoms with van der Waals surface area (Å²) in [6, 6.07) is 9.22. The van der Waals surface area contributed by atoms with Crippen LogP contribution >= 0.6 is 11.3 Å². The Hall–Kier alpha value is -3.00. The minimum Gasteiger partial charge on any atom is -0.347 e. The summed E-state index contributed by atoms with van der Waals surface area (Å²) in [4.78, 5) is 42.5. The molecule has 1 heterocycles. The second kappa shape index (κ2) is 8.91. The molecule has 2 aromatic rings. The average Bonchev–Trinajstić information content (AvgIpc) is 3.06. The monoisotopic (exact) mass is 372 g/mol. The smallest absolute Gasteiger partial charge is 0.244 e. The predicted octanol–water partition coefficient (Wildman–Crippen LogP) is 2.05. The second-order valence-corrected chi connectivity index (χ2v) is 6.42. The van der Waals surface area contributed by atoms with Crippen LogP contribution in [0.1, 0.15) is 12.6 Å². The first-order valence-electron chi connectivity index (χ1n) is 7.86. The normalized spacial score (nSPS) is 10.6. The van der Waals surface area contributed by atoms with Crippen LogP contribution in [0, 0.1) is 0 Å². The highest BCUT2D eigenvalue weighted by atomic mass is 32.1. The van der Waals surface area contributed by atoms with Gasteiger partial charge in [0.1, 0.15) is 0 Å². The molecular weight excluding hydrogens is 352 g/mol. The number of para-hydroxylation sites is 1. The molecular formula is C18H20N4O3S. The summed E-state index contributed by atoms with van der Waals surface area (Å²) in [6.07, 6.45) is 2.85. The fraction of sp³-hybridized carbons (Fsp3) is 0.222. The van der Waals surface area contributed by atoms with Crippen molar-refractivity contribution in [3.63, 3.8) is 0 Å². The summed E-state index contributed by atoms with van der Waals surface area (Å²) in [5, 5.41) is 4.77. The first kappa shape index (κ1) is 19.3. The van der Waals surface area contributed by atoms with Gasteiger partial charge in [0.05, 0.1) is 17.9 Å². The van der Waals surface area contributed by atoms with E-state index in [4.69, 9.17) is 0 Å². The number of amides is 3. The van der Waals surface area contributed by atoms with E-state index in [1.165, 1.54) is 34.1 Å². The molecule has 1 aromatic carbocycles. The molecule has 0 spiro atoms. The summed E-state index contributed by atoms with van der Waals surface area (Å²) < 4.78 is 0. The molecule has 26 heavy (non-hydrogen) atoms. The zero-order chi connectivity index (χ0) is 19.1. The zero-order valence-corrected chi connectivity index (χ0v) is 15.6. The number of thiazole rings is 1. The van der Waals surface area contributed by atoms with E-state index in [9.17, 15) is 14.4 Å². The minimum atomic E-state index is -0.388. The van der Waals surface area contributed by atoms with E-state index in [0.29, 0.717) is 10.8 Å². The van der Waals surface area contributed by atoms with Crippen LogP contribution < -0.4 is 10.2 Å². The number of likely N-dealkylation sites (N-methyl/N-ethyl adjacent to an activating group) is 1. The quantitative estimate of drug-likeness (QED) is 0.787. The van der Waals surface area contributed by atoms with E-state index >= 15 is 0 Å². The Balaban J connectivity index is 2.05. The lowest BCUT2D eigenvalue weighted by molar-refractivity contribution is -0.129. The van der Waals surface area contributed by atoms with Crippen molar-refractivity contribution in [2.45, 2.75) is 6.92 Å². The Labute approximate surface area is 155 Å². The number of nitrogens with zero attached hydrogens (tertiary/aromatic N) is 3. The van der Waals surface area contributed by atoms with Crippen molar-refractivity contribution >= 4 is 46.0 Å². The molecule has 1 N–H and O–H groups in total. The van der Waals surface area contributed by atoms with E-state index < -0.39 is 0 Å². The van der Waals surface area contributed by atoms with Crippen LogP contribution in [0.25, 0.3) is 6.08 Å². The molecule has 0 atom stereocenters. The van der Waals surface area contributed by atoms with E-state index in [0.717, 1.165) is 5.69 Å². The number of carbonyl (C=O) groups excluding carboxylic acids is 3. The molecule has 7 nitrogen and oxygen atoms in total. The largest absolute Gasteiger partial charge is 0.347 e. The second-order valence-electron chi connectivity index (χ2n) is 5.58. The lowest BCUT2D eigenvalue weighted by Gasteiger charge is -2.17. The number of aromatic nitrogens is 1. The lowest BCUT2D eigenvalue weighted by atomic mass is 10.3. The number of carbonyl (C=O) groups is 3. The van der Waals surface area contributed by atoms with Crippen LogP contribution in [0.2, 0.25) is 0 Å². The fourth-order valence-corrected chi connectivity index (χ4v) is 2.86. The summed E-state index contributed by atoms with van der Waals surface area (Å²) in [5.74, 6) is -0.732. The maximum atomic E-state index is 12.0. The maximum absolute atomic E-state index is 12.0. The van der Waals surface area contributed by atoms with Crippen molar-refractivity contribution in [2.75, 3.05) is 25.5 Å². The Morgan fingerprint density at radius 1 is 1.19 bits per heavy atom. The summed E-state index contributed by atoms with van der Waals surface area (Å²) in [5.41, 5.74) is 1.28. The topological polar surface area (TPSA) is 82.6 Å². The molecule has 3 amide bonds.